The van der Waals surface area contributed by atoms with Gasteiger partial charge in [-0.15, -0.1) is 0 Å². The van der Waals surface area contributed by atoms with Crippen LogP contribution in [0.3, 0.4) is 0 Å². The van der Waals surface area contributed by atoms with Gasteiger partial charge in [-0.2, -0.15) is 0 Å². The zero-order valence-electron chi connectivity index (χ0n) is 73.7. The summed E-state index contributed by atoms with van der Waals surface area (Å²) in [6.07, 6.45) is 8.50. The van der Waals surface area contributed by atoms with Gasteiger partial charge in [0.15, 0.2) is 24.8 Å². The highest BCUT2D eigenvalue weighted by molar-refractivity contribution is 5.79. The Morgan fingerprint density at radius 2 is 0.660 bits per heavy atom. The summed E-state index contributed by atoms with van der Waals surface area (Å²) in [4.78, 5) is 0. The van der Waals surface area contributed by atoms with E-state index in [2.05, 4.69) is 188 Å². The third-order valence-electron chi connectivity index (χ3n) is 17.8. The van der Waals surface area contributed by atoms with E-state index in [1.165, 1.54) is 114 Å². The zero-order valence-corrected chi connectivity index (χ0v) is 57.7. The maximum Gasteiger partial charge on any atom is 0.212 e. The number of nitrogens with zero attached hydrogens (tertiary/aromatic N) is 4. The van der Waals surface area contributed by atoms with Crippen molar-refractivity contribution in [3.63, 3.8) is 0 Å². The van der Waals surface area contributed by atoms with Gasteiger partial charge in [0.1, 0.15) is 28.2 Å². The number of aryl methyl sites for hydroxylation is 19. The highest BCUT2D eigenvalue weighted by Gasteiger charge is 2.22. The molecule has 4 nitrogen and oxygen atoms in total. The number of pyridine rings is 4. The molecule has 12 rings (SSSR count). The van der Waals surface area contributed by atoms with Gasteiger partial charge in [0.2, 0.25) is 22.8 Å². The minimum atomic E-state index is -2.60. The largest absolute Gasteiger partial charge is 0.212 e. The van der Waals surface area contributed by atoms with E-state index < -0.39 is 57.1 Å². The van der Waals surface area contributed by atoms with Crippen LogP contribution in [0.4, 0.5) is 0 Å². The van der Waals surface area contributed by atoms with Gasteiger partial charge in [-0.05, 0) is 238 Å². The lowest BCUT2D eigenvalue weighted by Crippen LogP contribution is -2.32. The third kappa shape index (κ3) is 15.9. The van der Waals surface area contributed by atoms with Crippen LogP contribution in [0, 0.1) is 82.9 Å². The molecular weight excluding hydrogens is 1140 g/mol. The predicted octanol–water partition coefficient (Wildman–Crippen LogP) is 20.8. The van der Waals surface area contributed by atoms with Crippen molar-refractivity contribution in [2.45, 2.75) is 123 Å². The number of aromatic nitrogens is 4. The second-order valence-electron chi connectivity index (χ2n) is 24.7. The Hall–Kier alpha value is -9.64. The molecular formula is C90H100N4+4. The summed E-state index contributed by atoms with van der Waals surface area (Å²) in [6, 6.07) is 53.9. The lowest BCUT2D eigenvalue weighted by molar-refractivity contribution is -0.661. The molecule has 4 aromatic heterocycles. The molecule has 4 heteroatoms. The second-order valence-corrected chi connectivity index (χ2v) is 24.7. The normalized spacial score (nSPS) is 13.9. The van der Waals surface area contributed by atoms with Gasteiger partial charge >= 0.3 is 0 Å². The molecule has 0 N–H and O–H groups in total. The summed E-state index contributed by atoms with van der Waals surface area (Å²) in [5.74, 6) is 0. The van der Waals surface area contributed by atoms with Crippen molar-refractivity contribution in [2.75, 3.05) is 0 Å². The van der Waals surface area contributed by atoms with Crippen molar-refractivity contribution >= 4 is 0 Å². The lowest BCUT2D eigenvalue weighted by Gasteiger charge is -2.13. The minimum Gasteiger partial charge on any atom is -0.201 e. The van der Waals surface area contributed by atoms with E-state index in [0.29, 0.717) is 33.5 Å². The number of benzene rings is 8. The molecule has 0 atom stereocenters. The van der Waals surface area contributed by atoms with Crippen LogP contribution in [0.1, 0.15) is 126 Å². The van der Waals surface area contributed by atoms with Gasteiger partial charge in [0, 0.05) is 83.9 Å². The number of hydrogen-bond donors (Lipinski definition) is 0. The minimum absolute atomic E-state index is 0.00694. The van der Waals surface area contributed by atoms with Crippen LogP contribution in [0.2, 0.25) is 0 Å². The molecule has 8 aromatic carbocycles. The van der Waals surface area contributed by atoms with Crippen LogP contribution < -0.4 is 18.3 Å². The highest BCUT2D eigenvalue weighted by Crippen LogP contribution is 2.36. The first kappa shape index (κ1) is 49.9. The molecule has 4 heterocycles. The summed E-state index contributed by atoms with van der Waals surface area (Å²) in [5.41, 5.74) is 28.9. The fourth-order valence-corrected chi connectivity index (χ4v) is 12.6. The number of rotatable bonds is 11. The topological polar surface area (TPSA) is 15.5 Å². The molecule has 476 valence electrons. The standard InChI is InChI=1S/3C23H26N.C21H22N/c2*1-6-19-15-24(5)23(13-16(19)2)22-14-21(17(3)12-18(22)4)20-10-8-7-9-11-20;1-6-19-13-23(24(5)15-18(19)4)22-14-21(16(2)12-17(22)3)20-10-8-7-9-11-20;1-15-10-11-21(22(4)14-15)20-13-19(16(2)12-17(20)3)18-8-6-5-7-9-18/h3*7-15H,6H2,1-5H3;5-14H,1-4H3/q4*+1/i3D3,6D2;;;1D3,2D3,5D,6D,7D,8D,9D. The van der Waals surface area contributed by atoms with Crippen LogP contribution >= 0.6 is 0 Å². The highest BCUT2D eigenvalue weighted by atomic mass is 14.9. The van der Waals surface area contributed by atoms with Crippen molar-refractivity contribution in [1.29, 1.82) is 0 Å². The summed E-state index contributed by atoms with van der Waals surface area (Å²) in [7, 11) is 7.84. The molecule has 0 spiro atoms. The predicted molar refractivity (Wildman–Crippen MR) is 399 cm³/mol. The molecule has 0 unspecified atom stereocenters. The molecule has 0 aliphatic rings. The molecule has 0 amide bonds. The Balaban J connectivity index is 0.000000170. The van der Waals surface area contributed by atoms with E-state index in [1.54, 1.807) is 37.6 Å². The van der Waals surface area contributed by atoms with E-state index in [4.69, 9.17) is 21.9 Å². The molecule has 0 fully saturated rings. The maximum absolute atomic E-state index is 8.32. The van der Waals surface area contributed by atoms with E-state index in [-0.39, 0.29) is 22.3 Å². The van der Waals surface area contributed by atoms with E-state index in [9.17, 15) is 0 Å². The van der Waals surface area contributed by atoms with Crippen molar-refractivity contribution < 1.29 is 40.2 Å². The van der Waals surface area contributed by atoms with Gasteiger partial charge in [0.05, 0.1) is 6.85 Å². The molecule has 94 heavy (non-hydrogen) atoms. The fraction of sp³-hybridized carbons (Fsp3) is 0.244. The van der Waals surface area contributed by atoms with E-state index >= 15 is 0 Å². The van der Waals surface area contributed by atoms with Gasteiger partial charge in [-0.1, -0.05) is 166 Å². The van der Waals surface area contributed by atoms with Crippen LogP contribution in [0.5, 0.6) is 0 Å². The molecule has 0 aliphatic carbocycles. The maximum atomic E-state index is 8.32. The van der Waals surface area contributed by atoms with E-state index in [1.807, 2.05) is 74.1 Å². The first-order valence-corrected chi connectivity index (χ1v) is 32.2. The third-order valence-corrected chi connectivity index (χ3v) is 17.8. The van der Waals surface area contributed by atoms with Crippen molar-refractivity contribution in [3.05, 3.63) is 308 Å². The lowest BCUT2D eigenvalue weighted by atomic mass is 9.92. The van der Waals surface area contributed by atoms with Crippen molar-refractivity contribution in [2.24, 2.45) is 28.2 Å². The average molecular weight is 1250 g/mol. The Bertz CT molecular complexity index is 5380. The molecule has 0 saturated heterocycles. The fourth-order valence-electron chi connectivity index (χ4n) is 12.6. The van der Waals surface area contributed by atoms with Crippen molar-refractivity contribution in [1.82, 2.24) is 0 Å². The summed E-state index contributed by atoms with van der Waals surface area (Å²) in [5, 5.41) is 0. The van der Waals surface area contributed by atoms with Crippen LogP contribution in [-0.2, 0) is 47.4 Å². The summed E-state index contributed by atoms with van der Waals surface area (Å²) in [6.45, 7) is 17.6. The Kier molecular flexibility index (Phi) is 16.4. The Morgan fingerprint density at radius 1 is 0.298 bits per heavy atom. The first-order chi connectivity index (χ1) is 51.5. The Labute approximate surface area is 586 Å². The SMILES string of the molecule is CCc1c[n+](C)c(-c2cc(-c3ccccc3)c(C)cc2C)cc1C.CCc1cc(-c2cc(-c3ccccc3)c(C)cc2C)[n+](C)cc1C.[2H]C([2H])([2H])c1cc(C)c(-c2cc(C)c(C([2H])([2H])C)c[n+]2C)cc1-c1ccccc1.[2H]c1c([2H])c([2H])c(-c2cc(-c3ccc(C([2H])([2H])[2H])c[n+]3C)c(C)cc2C([2H])([2H])[2H])c([2H])c1[2H]. The average Bonchev–Trinajstić information content (AvgIpc) is 0.751. The van der Waals surface area contributed by atoms with Gasteiger partial charge in [-0.3, -0.25) is 0 Å². The summed E-state index contributed by atoms with van der Waals surface area (Å²) >= 11 is 0. The van der Waals surface area contributed by atoms with Gasteiger partial charge < -0.3 is 0 Å². The smallest absolute Gasteiger partial charge is 0.201 e. The van der Waals surface area contributed by atoms with Gasteiger partial charge in [0.25, 0.3) is 0 Å². The van der Waals surface area contributed by atoms with Crippen LogP contribution in [0.25, 0.3) is 89.5 Å². The van der Waals surface area contributed by atoms with Crippen LogP contribution in [-0.4, -0.2) is 0 Å². The van der Waals surface area contributed by atoms with Gasteiger partial charge in [-0.25, -0.2) is 18.3 Å². The molecule has 12 aromatic rings. The first-order valence-electron chi connectivity index (χ1n) is 40.2. The van der Waals surface area contributed by atoms with Crippen molar-refractivity contribution in [3.8, 4) is 89.5 Å². The van der Waals surface area contributed by atoms with Crippen LogP contribution in [0.15, 0.2) is 225 Å². The molecule has 0 radical (unpaired) electrons. The quantitative estimate of drug-likeness (QED) is 0.115. The molecule has 0 bridgehead atoms. The second kappa shape index (κ2) is 30.9. The summed E-state index contributed by atoms with van der Waals surface area (Å²) < 4.78 is 135. The molecule has 0 aliphatic heterocycles. The van der Waals surface area contributed by atoms with E-state index in [0.717, 1.165) is 40.8 Å². The number of hydrogen-bond acceptors (Lipinski definition) is 0. The monoisotopic (exact) mass is 1250 g/mol. The zero-order chi connectivity index (χ0) is 81.1. The Morgan fingerprint density at radius 3 is 1.07 bits per heavy atom. The molecule has 0 saturated carbocycles.